The van der Waals surface area contributed by atoms with Crippen LogP contribution in [0.4, 0.5) is 5.69 Å². The molecule has 1 heterocycles. The number of aliphatic hydroxyl groups is 2. The topological polar surface area (TPSA) is 65.0 Å². The van der Waals surface area contributed by atoms with Crippen molar-refractivity contribution < 1.29 is 14.9 Å². The molecule has 5 nitrogen and oxygen atoms in total. The number of rotatable bonds is 7. The first-order valence-electron chi connectivity index (χ1n) is 9.15. The van der Waals surface area contributed by atoms with Gasteiger partial charge in [0.1, 0.15) is 5.75 Å². The third-order valence-electron chi connectivity index (χ3n) is 5.10. The Hall–Kier alpha value is -2.08. The van der Waals surface area contributed by atoms with Crippen molar-refractivity contribution in [2.75, 3.05) is 38.6 Å². The number of hydrogen-bond acceptors (Lipinski definition) is 5. The van der Waals surface area contributed by atoms with Crippen molar-refractivity contribution in [3.8, 4) is 5.75 Å². The van der Waals surface area contributed by atoms with Crippen molar-refractivity contribution in [1.29, 1.82) is 0 Å². The fourth-order valence-corrected chi connectivity index (χ4v) is 3.45. The summed E-state index contributed by atoms with van der Waals surface area (Å²) >= 11 is 0. The molecule has 3 rings (SSSR count). The number of methoxy groups -OCH3 is 1. The highest BCUT2D eigenvalue weighted by Gasteiger charge is 2.34. The van der Waals surface area contributed by atoms with Gasteiger partial charge in [-0.05, 0) is 42.7 Å². The molecule has 5 heteroatoms. The molecule has 0 saturated carbocycles. The molecular weight excluding hydrogens is 328 g/mol. The monoisotopic (exact) mass is 356 g/mol. The second-order valence-electron chi connectivity index (χ2n) is 6.96. The van der Waals surface area contributed by atoms with E-state index in [1.807, 2.05) is 54.6 Å². The molecular formula is C21H28N2O3. The SMILES string of the molecule is COc1ccc(NCC(O)CN2CCC(O)(c3ccccc3)CC2)cc1. The maximum atomic E-state index is 10.9. The minimum Gasteiger partial charge on any atom is -0.497 e. The minimum absolute atomic E-state index is 0.458. The van der Waals surface area contributed by atoms with E-state index in [2.05, 4.69) is 10.2 Å². The Balaban J connectivity index is 1.43. The normalized spacial score (nSPS) is 18.3. The molecule has 1 unspecified atom stereocenters. The van der Waals surface area contributed by atoms with Gasteiger partial charge in [0.15, 0.2) is 0 Å². The third kappa shape index (κ3) is 4.75. The van der Waals surface area contributed by atoms with E-state index in [0.29, 0.717) is 25.9 Å². The first-order valence-corrected chi connectivity index (χ1v) is 9.15. The summed E-state index contributed by atoms with van der Waals surface area (Å²) < 4.78 is 5.14. The summed E-state index contributed by atoms with van der Waals surface area (Å²) in [7, 11) is 1.64. The Morgan fingerprint density at radius 2 is 1.73 bits per heavy atom. The van der Waals surface area contributed by atoms with Crippen LogP contribution < -0.4 is 10.1 Å². The lowest BCUT2D eigenvalue weighted by atomic mass is 9.84. The standard InChI is InChI=1S/C21H28N2O3/c1-26-20-9-7-18(8-10-20)22-15-19(24)16-23-13-11-21(25,12-14-23)17-5-3-2-4-6-17/h2-10,19,22,24-25H,11-16H2,1H3. The number of β-amino-alcohol motifs (C(OH)–C–C–N with tert-alkyl or cyclic N) is 1. The highest BCUT2D eigenvalue weighted by molar-refractivity contribution is 5.46. The van der Waals surface area contributed by atoms with Crippen LogP contribution in [-0.4, -0.2) is 54.5 Å². The molecule has 2 aromatic rings. The van der Waals surface area contributed by atoms with E-state index in [9.17, 15) is 10.2 Å². The van der Waals surface area contributed by atoms with Gasteiger partial charge in [-0.15, -0.1) is 0 Å². The lowest BCUT2D eigenvalue weighted by molar-refractivity contribution is -0.0333. The highest BCUT2D eigenvalue weighted by Crippen LogP contribution is 2.32. The molecule has 1 atom stereocenters. The van der Waals surface area contributed by atoms with Gasteiger partial charge in [0.05, 0.1) is 18.8 Å². The van der Waals surface area contributed by atoms with Gasteiger partial charge in [-0.1, -0.05) is 30.3 Å². The fraction of sp³-hybridized carbons (Fsp3) is 0.429. The van der Waals surface area contributed by atoms with Crippen LogP contribution in [0.15, 0.2) is 54.6 Å². The van der Waals surface area contributed by atoms with E-state index in [1.54, 1.807) is 7.11 Å². The molecule has 3 N–H and O–H groups in total. The Morgan fingerprint density at radius 1 is 1.08 bits per heavy atom. The van der Waals surface area contributed by atoms with Gasteiger partial charge in [0.2, 0.25) is 0 Å². The molecule has 0 aromatic heterocycles. The van der Waals surface area contributed by atoms with Crippen LogP contribution >= 0.6 is 0 Å². The zero-order chi connectivity index (χ0) is 18.4. The molecule has 1 aliphatic heterocycles. The number of anilines is 1. The van der Waals surface area contributed by atoms with Crippen molar-refractivity contribution >= 4 is 5.69 Å². The second-order valence-corrected chi connectivity index (χ2v) is 6.96. The molecule has 0 radical (unpaired) electrons. The van der Waals surface area contributed by atoms with Crippen LogP contribution in [0.5, 0.6) is 5.75 Å². The van der Waals surface area contributed by atoms with Gasteiger partial charge in [-0.3, -0.25) is 0 Å². The smallest absolute Gasteiger partial charge is 0.119 e. The van der Waals surface area contributed by atoms with Crippen LogP contribution in [0.2, 0.25) is 0 Å². The zero-order valence-electron chi connectivity index (χ0n) is 15.3. The molecule has 0 amide bonds. The maximum absolute atomic E-state index is 10.9. The van der Waals surface area contributed by atoms with Gasteiger partial charge < -0.3 is 25.2 Å². The van der Waals surface area contributed by atoms with E-state index in [1.165, 1.54) is 0 Å². The van der Waals surface area contributed by atoms with Gasteiger partial charge in [-0.2, -0.15) is 0 Å². The Morgan fingerprint density at radius 3 is 2.35 bits per heavy atom. The summed E-state index contributed by atoms with van der Waals surface area (Å²) in [5, 5.41) is 24.4. The summed E-state index contributed by atoms with van der Waals surface area (Å²) in [5.74, 6) is 0.815. The number of benzene rings is 2. The summed E-state index contributed by atoms with van der Waals surface area (Å²) in [6.45, 7) is 2.66. The second kappa shape index (κ2) is 8.54. The molecule has 2 aromatic carbocycles. The van der Waals surface area contributed by atoms with Crippen LogP contribution in [-0.2, 0) is 5.60 Å². The predicted molar refractivity (Wildman–Crippen MR) is 104 cm³/mol. The number of aliphatic hydroxyl groups excluding tert-OH is 1. The molecule has 1 saturated heterocycles. The fourth-order valence-electron chi connectivity index (χ4n) is 3.45. The van der Waals surface area contributed by atoms with Crippen molar-refractivity contribution in [3.05, 3.63) is 60.2 Å². The van der Waals surface area contributed by atoms with Crippen LogP contribution in [0.25, 0.3) is 0 Å². The molecule has 0 spiro atoms. The van der Waals surface area contributed by atoms with Crippen LogP contribution in [0.1, 0.15) is 18.4 Å². The molecule has 1 fully saturated rings. The van der Waals surface area contributed by atoms with Gasteiger partial charge in [0, 0.05) is 31.9 Å². The Labute approximate surface area is 155 Å². The molecule has 26 heavy (non-hydrogen) atoms. The first kappa shape index (κ1) is 18.7. The average molecular weight is 356 g/mol. The van der Waals surface area contributed by atoms with Crippen molar-refractivity contribution in [2.45, 2.75) is 24.5 Å². The number of nitrogens with zero attached hydrogens (tertiary/aromatic N) is 1. The van der Waals surface area contributed by atoms with E-state index < -0.39 is 11.7 Å². The quantitative estimate of drug-likeness (QED) is 0.711. The van der Waals surface area contributed by atoms with Crippen LogP contribution in [0.3, 0.4) is 0 Å². The summed E-state index contributed by atoms with van der Waals surface area (Å²) in [4.78, 5) is 2.22. The lowest BCUT2D eigenvalue weighted by Crippen LogP contribution is -2.46. The zero-order valence-corrected chi connectivity index (χ0v) is 15.3. The van der Waals surface area contributed by atoms with E-state index in [-0.39, 0.29) is 0 Å². The summed E-state index contributed by atoms with van der Waals surface area (Å²) in [6.07, 6.45) is 0.922. The molecule has 0 bridgehead atoms. The number of nitrogens with one attached hydrogen (secondary N) is 1. The largest absolute Gasteiger partial charge is 0.497 e. The van der Waals surface area contributed by atoms with E-state index in [4.69, 9.17) is 4.74 Å². The van der Waals surface area contributed by atoms with Crippen molar-refractivity contribution in [2.24, 2.45) is 0 Å². The average Bonchev–Trinajstić information content (AvgIpc) is 2.69. The summed E-state index contributed by atoms with van der Waals surface area (Å²) in [5.41, 5.74) is 1.20. The lowest BCUT2D eigenvalue weighted by Gasteiger charge is -2.39. The molecule has 0 aliphatic carbocycles. The van der Waals surface area contributed by atoms with Gasteiger partial charge in [-0.25, -0.2) is 0 Å². The number of ether oxygens (including phenoxy) is 1. The van der Waals surface area contributed by atoms with E-state index >= 15 is 0 Å². The van der Waals surface area contributed by atoms with Gasteiger partial charge >= 0.3 is 0 Å². The Bertz CT molecular complexity index is 667. The van der Waals surface area contributed by atoms with Crippen LogP contribution in [0, 0.1) is 0 Å². The first-order chi connectivity index (χ1) is 12.6. The van der Waals surface area contributed by atoms with Crippen molar-refractivity contribution in [1.82, 2.24) is 4.90 Å². The van der Waals surface area contributed by atoms with E-state index in [0.717, 1.165) is 30.1 Å². The van der Waals surface area contributed by atoms with Gasteiger partial charge in [0.25, 0.3) is 0 Å². The highest BCUT2D eigenvalue weighted by atomic mass is 16.5. The third-order valence-corrected chi connectivity index (χ3v) is 5.10. The number of piperidine rings is 1. The predicted octanol–water partition coefficient (Wildman–Crippen LogP) is 2.45. The maximum Gasteiger partial charge on any atom is 0.119 e. The van der Waals surface area contributed by atoms with Crippen molar-refractivity contribution in [3.63, 3.8) is 0 Å². The minimum atomic E-state index is -0.746. The molecule has 1 aliphatic rings. The number of likely N-dealkylation sites (tertiary alicyclic amines) is 1. The summed E-state index contributed by atoms with van der Waals surface area (Å²) in [6, 6.07) is 17.5. The molecule has 140 valence electrons. The Kier molecular flexibility index (Phi) is 6.14. The number of hydrogen-bond donors (Lipinski definition) is 3.